The highest BCUT2D eigenvalue weighted by Crippen LogP contribution is 2.38. The Labute approximate surface area is 239 Å². The third kappa shape index (κ3) is 6.72. The summed E-state index contributed by atoms with van der Waals surface area (Å²) in [4.78, 5) is 26.4. The maximum atomic E-state index is 13.0. The zero-order valence-electron chi connectivity index (χ0n) is 23.5. The molecular weight excluding hydrogens is 540 g/mol. The minimum absolute atomic E-state index is 0.142. The van der Waals surface area contributed by atoms with Crippen LogP contribution in [0.15, 0.2) is 23.9 Å². The van der Waals surface area contributed by atoms with Crippen molar-refractivity contribution in [3.8, 4) is 17.1 Å². The summed E-state index contributed by atoms with van der Waals surface area (Å²) in [5.41, 5.74) is 8.49. The molecule has 2 aliphatic heterocycles. The van der Waals surface area contributed by atoms with E-state index in [2.05, 4.69) is 4.90 Å². The molecule has 3 N–H and O–H groups in total. The van der Waals surface area contributed by atoms with Crippen molar-refractivity contribution < 1.29 is 23.4 Å². The number of hydrogen-bond acceptors (Lipinski definition) is 8. The largest absolute Gasteiger partial charge is 0.491 e. The van der Waals surface area contributed by atoms with Crippen LogP contribution in [0.1, 0.15) is 44.9 Å². The fourth-order valence-electron chi connectivity index (χ4n) is 5.79. The van der Waals surface area contributed by atoms with Crippen LogP contribution in [0.3, 0.4) is 0 Å². The van der Waals surface area contributed by atoms with Gasteiger partial charge >= 0.3 is 0 Å². The second kappa shape index (κ2) is 12.8. The van der Waals surface area contributed by atoms with Gasteiger partial charge in [-0.1, -0.05) is 24.9 Å². The molecule has 2 aliphatic rings. The normalized spacial score (nSPS) is 20.6. The van der Waals surface area contributed by atoms with Gasteiger partial charge in [-0.15, -0.1) is 0 Å². The number of carbonyl (C=O) groups excluding carboxylic acids is 1. The molecule has 0 spiro atoms. The lowest BCUT2D eigenvalue weighted by Crippen LogP contribution is -2.32. The van der Waals surface area contributed by atoms with Gasteiger partial charge in [-0.05, 0) is 57.2 Å². The zero-order chi connectivity index (χ0) is 29.1. The van der Waals surface area contributed by atoms with Crippen molar-refractivity contribution in [1.82, 2.24) is 14.9 Å². The highest BCUT2D eigenvalue weighted by molar-refractivity contribution is 6.33. The summed E-state index contributed by atoms with van der Waals surface area (Å²) in [7, 11) is 0. The smallest absolute Gasteiger partial charge is 0.251 e. The lowest BCUT2D eigenvalue weighted by atomic mass is 10.0. The molecule has 1 aromatic heterocycles. The second-order valence-electron chi connectivity index (χ2n) is 10.9. The minimum Gasteiger partial charge on any atom is -0.491 e. The fourth-order valence-corrected chi connectivity index (χ4v) is 5.99. The van der Waals surface area contributed by atoms with Gasteiger partial charge in [0, 0.05) is 43.0 Å². The van der Waals surface area contributed by atoms with E-state index in [1.165, 1.54) is 6.92 Å². The van der Waals surface area contributed by atoms with Crippen LogP contribution in [0.4, 0.5) is 14.6 Å². The Kier molecular flexibility index (Phi) is 9.64. The number of halogens is 3. The molecule has 1 aromatic carbocycles. The Bertz CT molecular complexity index is 1260. The van der Waals surface area contributed by atoms with Crippen LogP contribution in [0, 0.1) is 18.8 Å². The predicted octanol–water partition coefficient (Wildman–Crippen LogP) is 4.56. The number of Topliss-reactive ketones (excluding diaryl/α,β-unsaturated/α-hetero) is 1. The van der Waals surface area contributed by atoms with Crippen molar-refractivity contribution in [2.24, 2.45) is 17.6 Å². The number of aromatic nitrogens is 2. The van der Waals surface area contributed by atoms with Crippen LogP contribution in [0.25, 0.3) is 17.0 Å². The Morgan fingerprint density at radius 3 is 2.45 bits per heavy atom. The van der Waals surface area contributed by atoms with Crippen LogP contribution in [-0.4, -0.2) is 77.6 Å². The van der Waals surface area contributed by atoms with Crippen molar-refractivity contribution in [2.45, 2.75) is 53.1 Å². The molecular formula is C29H38ClF2N5O3. The predicted molar refractivity (Wildman–Crippen MR) is 153 cm³/mol. The number of rotatable bonds is 11. The number of ketones is 1. The molecule has 0 unspecified atom stereocenters. The second-order valence-corrected chi connectivity index (χ2v) is 11.3. The van der Waals surface area contributed by atoms with Crippen molar-refractivity contribution >= 4 is 28.8 Å². The average Bonchev–Trinajstić information content (AvgIpc) is 3.42. The number of aliphatic hydroxyl groups excluding tert-OH is 1. The van der Waals surface area contributed by atoms with Crippen LogP contribution in [0.5, 0.6) is 5.75 Å². The molecule has 0 amide bonds. The Balaban J connectivity index is 1.73. The molecule has 40 heavy (non-hydrogen) atoms. The van der Waals surface area contributed by atoms with Gasteiger partial charge in [0.2, 0.25) is 0 Å². The van der Waals surface area contributed by atoms with Gasteiger partial charge in [-0.2, -0.15) is 0 Å². The number of hydrogen-bond donors (Lipinski definition) is 2. The molecule has 3 heterocycles. The number of carbonyl (C=O) groups is 1. The lowest BCUT2D eigenvalue weighted by molar-refractivity contribution is -0.111. The minimum atomic E-state index is -2.35. The molecule has 0 bridgehead atoms. The van der Waals surface area contributed by atoms with Gasteiger partial charge in [0.05, 0.1) is 28.9 Å². The van der Waals surface area contributed by atoms with Crippen molar-refractivity contribution in [2.75, 3.05) is 44.2 Å². The van der Waals surface area contributed by atoms with E-state index in [1.54, 1.807) is 25.1 Å². The number of aliphatic hydroxyl groups is 1. The quantitative estimate of drug-likeness (QED) is 0.375. The summed E-state index contributed by atoms with van der Waals surface area (Å²) in [6, 6.07) is 5.14. The highest BCUT2D eigenvalue weighted by Gasteiger charge is 2.41. The van der Waals surface area contributed by atoms with Crippen molar-refractivity contribution in [3.63, 3.8) is 0 Å². The first-order valence-electron chi connectivity index (χ1n) is 13.7. The summed E-state index contributed by atoms with van der Waals surface area (Å²) >= 11 is 6.62. The molecule has 8 nitrogen and oxygen atoms in total. The summed E-state index contributed by atoms with van der Waals surface area (Å²) in [6.07, 6.45) is -1.46. The molecule has 0 radical (unpaired) electrons. The van der Waals surface area contributed by atoms with Gasteiger partial charge in [-0.3, -0.25) is 9.69 Å². The number of nitrogens with two attached hydrogens (primary N) is 1. The molecule has 11 heteroatoms. The SMILES string of the molecule is CCC[C@@H](O)COc1ccc(Cl)c(-c2nc(C(C(C)=O)=C(C)N)c(C)c(N3C[C@H]4CN(CC(F)F)C[C@H]4C3)n2)c1. The topological polar surface area (TPSA) is 105 Å². The van der Waals surface area contributed by atoms with Crippen LogP contribution < -0.4 is 15.4 Å². The summed E-state index contributed by atoms with van der Waals surface area (Å²) in [5.74, 6) is 1.76. The summed E-state index contributed by atoms with van der Waals surface area (Å²) in [5, 5.41) is 10.5. The van der Waals surface area contributed by atoms with Crippen LogP contribution in [-0.2, 0) is 4.79 Å². The van der Waals surface area contributed by atoms with Gasteiger partial charge in [0.15, 0.2) is 11.6 Å². The van der Waals surface area contributed by atoms with E-state index in [4.69, 9.17) is 32.0 Å². The first-order valence-corrected chi connectivity index (χ1v) is 14.1. The number of ether oxygens (including phenoxy) is 1. The third-order valence-corrected chi connectivity index (χ3v) is 7.93. The van der Waals surface area contributed by atoms with E-state index in [9.17, 15) is 18.7 Å². The Hall–Kier alpha value is -2.82. The standard InChI is InChI=1S/C29H38ClF2N5O3/c1-5-6-21(39)15-40-22-7-8-24(30)23(9-22)28-34-27(26(17(3)33)18(4)38)16(2)29(35-28)37-12-19-10-36(14-25(31)32)11-20(19)13-37/h7-9,19-21,25,39H,5-6,10-15,33H2,1-4H3/t19-,20+,21-/m1/s1. The van der Waals surface area contributed by atoms with Crippen molar-refractivity contribution in [3.05, 3.63) is 40.2 Å². The fraction of sp³-hybridized carbons (Fsp3) is 0.552. The number of likely N-dealkylation sites (tertiary alicyclic amines) is 1. The maximum absolute atomic E-state index is 13.0. The van der Waals surface area contributed by atoms with Crippen LogP contribution in [0.2, 0.25) is 5.02 Å². The summed E-state index contributed by atoms with van der Waals surface area (Å²) < 4.78 is 31.7. The number of alkyl halides is 2. The lowest BCUT2D eigenvalue weighted by Gasteiger charge is -2.25. The number of anilines is 1. The molecule has 3 atom stereocenters. The number of nitrogens with zero attached hydrogens (tertiary/aromatic N) is 4. The average molecular weight is 578 g/mol. The van der Waals surface area contributed by atoms with Crippen LogP contribution >= 0.6 is 11.6 Å². The first kappa shape index (κ1) is 30.1. The molecule has 0 aliphatic carbocycles. The molecule has 0 saturated carbocycles. The molecule has 2 fully saturated rings. The van der Waals surface area contributed by atoms with E-state index in [1.807, 2.05) is 18.7 Å². The van der Waals surface area contributed by atoms with Gasteiger partial charge in [-0.25, -0.2) is 18.7 Å². The first-order chi connectivity index (χ1) is 19.0. The Morgan fingerprint density at radius 2 is 1.88 bits per heavy atom. The van der Waals surface area contributed by atoms with Gasteiger partial charge in [0.1, 0.15) is 18.2 Å². The molecule has 218 valence electrons. The Morgan fingerprint density at radius 1 is 1.20 bits per heavy atom. The van der Waals surface area contributed by atoms with Gasteiger partial charge in [0.25, 0.3) is 6.43 Å². The zero-order valence-corrected chi connectivity index (χ0v) is 24.2. The van der Waals surface area contributed by atoms with E-state index in [-0.39, 0.29) is 30.8 Å². The van der Waals surface area contributed by atoms with E-state index < -0.39 is 12.5 Å². The van der Waals surface area contributed by atoms with Crippen molar-refractivity contribution in [1.29, 1.82) is 0 Å². The molecule has 4 rings (SSSR count). The third-order valence-electron chi connectivity index (χ3n) is 7.60. The van der Waals surface area contributed by atoms with Gasteiger partial charge < -0.3 is 20.5 Å². The summed E-state index contributed by atoms with van der Waals surface area (Å²) in [6.45, 7) is 9.47. The number of allylic oxidation sites excluding steroid dienone is 2. The van der Waals surface area contributed by atoms with E-state index in [0.29, 0.717) is 77.5 Å². The molecule has 2 saturated heterocycles. The highest BCUT2D eigenvalue weighted by atomic mass is 35.5. The monoisotopic (exact) mass is 577 g/mol. The van der Waals surface area contributed by atoms with E-state index >= 15 is 0 Å². The van der Waals surface area contributed by atoms with E-state index in [0.717, 1.165) is 12.0 Å². The number of fused-ring (bicyclic) bond motifs is 1. The maximum Gasteiger partial charge on any atom is 0.251 e. The molecule has 2 aromatic rings. The number of benzene rings is 1.